The van der Waals surface area contributed by atoms with Gasteiger partial charge in [0.2, 0.25) is 15.9 Å². The lowest BCUT2D eigenvalue weighted by Crippen LogP contribution is -2.50. The minimum absolute atomic E-state index is 0.151. The molecule has 0 fully saturated rings. The van der Waals surface area contributed by atoms with Gasteiger partial charge < -0.3 is 14.8 Å². The van der Waals surface area contributed by atoms with Crippen molar-refractivity contribution >= 4 is 21.6 Å². The second-order valence-corrected chi connectivity index (χ2v) is 8.31. The van der Waals surface area contributed by atoms with Crippen LogP contribution in [0.15, 0.2) is 48.5 Å². The van der Waals surface area contributed by atoms with E-state index in [1.54, 1.807) is 12.1 Å². The Morgan fingerprint density at radius 3 is 2.50 bits per heavy atom. The number of fused-ring (bicyclic) bond motifs is 1. The zero-order chi connectivity index (χ0) is 20.3. The van der Waals surface area contributed by atoms with Gasteiger partial charge in [-0.05, 0) is 43.3 Å². The first-order valence-corrected chi connectivity index (χ1v) is 10.5. The molecule has 0 radical (unpaired) electrons. The minimum Gasteiger partial charge on any atom is -0.486 e. The maximum Gasteiger partial charge on any atom is 0.243 e. The summed E-state index contributed by atoms with van der Waals surface area (Å²) in [5.74, 6) is 0.226. The third kappa shape index (κ3) is 4.53. The number of sulfonamides is 1. The van der Waals surface area contributed by atoms with E-state index in [1.807, 2.05) is 12.1 Å². The van der Waals surface area contributed by atoms with Crippen molar-refractivity contribution in [3.05, 3.63) is 54.3 Å². The molecule has 28 heavy (non-hydrogen) atoms. The van der Waals surface area contributed by atoms with Crippen molar-refractivity contribution in [2.24, 2.45) is 0 Å². The molecule has 0 bridgehead atoms. The van der Waals surface area contributed by atoms with Crippen LogP contribution in [0.25, 0.3) is 0 Å². The fraction of sp³-hybridized carbons (Fsp3) is 0.316. The molecule has 150 valence electrons. The van der Waals surface area contributed by atoms with Crippen molar-refractivity contribution in [1.29, 1.82) is 0 Å². The highest BCUT2D eigenvalue weighted by atomic mass is 32.2. The molecule has 1 amide bonds. The molecule has 1 aliphatic heterocycles. The molecule has 0 saturated carbocycles. The van der Waals surface area contributed by atoms with Crippen molar-refractivity contribution in [3.63, 3.8) is 0 Å². The van der Waals surface area contributed by atoms with Crippen molar-refractivity contribution in [3.8, 4) is 11.5 Å². The number of nitrogens with one attached hydrogen (secondary N) is 1. The molecule has 0 saturated heterocycles. The summed E-state index contributed by atoms with van der Waals surface area (Å²) in [5, 5.41) is 2.69. The van der Waals surface area contributed by atoms with E-state index in [1.165, 1.54) is 19.1 Å². The normalized spacial score (nSPS) is 16.9. The van der Waals surface area contributed by atoms with E-state index in [0.717, 1.165) is 22.7 Å². The number of hydrogen-bond donors (Lipinski definition) is 1. The van der Waals surface area contributed by atoms with Gasteiger partial charge in [0.25, 0.3) is 0 Å². The van der Waals surface area contributed by atoms with Crippen LogP contribution in [0.2, 0.25) is 0 Å². The van der Waals surface area contributed by atoms with E-state index in [4.69, 9.17) is 9.47 Å². The summed E-state index contributed by atoms with van der Waals surface area (Å²) in [4.78, 5) is 12.6. The molecule has 1 aliphatic rings. The number of nitrogens with zero attached hydrogens (tertiary/aromatic N) is 1. The van der Waals surface area contributed by atoms with Crippen LogP contribution >= 0.6 is 0 Å². The average molecular weight is 408 g/mol. The summed E-state index contributed by atoms with van der Waals surface area (Å²) < 4.78 is 49.9. The predicted molar refractivity (Wildman–Crippen MR) is 103 cm³/mol. The lowest BCUT2D eigenvalue weighted by atomic mass is 10.2. The van der Waals surface area contributed by atoms with Crippen LogP contribution in [0.4, 0.5) is 10.1 Å². The Hall–Kier alpha value is -2.81. The highest BCUT2D eigenvalue weighted by molar-refractivity contribution is 7.92. The summed E-state index contributed by atoms with van der Waals surface area (Å²) in [6, 6.07) is 11.1. The van der Waals surface area contributed by atoms with Gasteiger partial charge in [-0.15, -0.1) is 0 Å². The number of carbonyl (C=O) groups is 1. The molecule has 1 N–H and O–H groups in total. The lowest BCUT2D eigenvalue weighted by molar-refractivity contribution is -0.122. The third-order valence-corrected chi connectivity index (χ3v) is 5.48. The number of para-hydroxylation sites is 2. The molecular weight excluding hydrogens is 387 g/mol. The van der Waals surface area contributed by atoms with Crippen molar-refractivity contribution in [1.82, 2.24) is 5.32 Å². The van der Waals surface area contributed by atoms with Gasteiger partial charge in [0.1, 0.15) is 24.6 Å². The minimum atomic E-state index is -3.76. The molecule has 1 heterocycles. The fourth-order valence-electron chi connectivity index (χ4n) is 2.92. The summed E-state index contributed by atoms with van der Waals surface area (Å²) in [7, 11) is -3.76. The Balaban J connectivity index is 1.66. The Morgan fingerprint density at radius 2 is 1.86 bits per heavy atom. The molecule has 2 aromatic rings. The first kappa shape index (κ1) is 19.9. The van der Waals surface area contributed by atoms with Gasteiger partial charge in [-0.1, -0.05) is 12.1 Å². The van der Waals surface area contributed by atoms with Gasteiger partial charge in [0.15, 0.2) is 11.5 Å². The Bertz CT molecular complexity index is 949. The largest absolute Gasteiger partial charge is 0.486 e. The van der Waals surface area contributed by atoms with E-state index >= 15 is 0 Å². The topological polar surface area (TPSA) is 84.9 Å². The highest BCUT2D eigenvalue weighted by Crippen LogP contribution is 2.30. The van der Waals surface area contributed by atoms with Gasteiger partial charge in [0, 0.05) is 0 Å². The monoisotopic (exact) mass is 408 g/mol. The molecule has 0 aliphatic carbocycles. The number of ether oxygens (including phenoxy) is 2. The number of halogens is 1. The lowest BCUT2D eigenvalue weighted by Gasteiger charge is -2.30. The predicted octanol–water partition coefficient (Wildman–Crippen LogP) is 1.94. The van der Waals surface area contributed by atoms with Crippen LogP contribution in [0.3, 0.4) is 0 Å². The molecule has 0 aromatic heterocycles. The SMILES string of the molecule is C[C@@H](C(=O)NC[C@@H]1COc2ccccc2O1)N(c1ccc(F)cc1)S(C)(=O)=O. The maximum atomic E-state index is 13.2. The summed E-state index contributed by atoms with van der Waals surface area (Å²) in [6.45, 7) is 1.88. The standard InChI is InChI=1S/C19H21FN2O5S/c1-13(22(28(2,24)25)15-9-7-14(20)8-10-15)19(23)21-11-16-12-26-17-5-3-4-6-18(17)27-16/h3-10,13,16H,11-12H2,1-2H3,(H,21,23)/t13-,16+/m0/s1. The van der Waals surface area contributed by atoms with Gasteiger partial charge in [-0.3, -0.25) is 9.10 Å². The van der Waals surface area contributed by atoms with E-state index in [0.29, 0.717) is 11.5 Å². The number of rotatable bonds is 6. The average Bonchev–Trinajstić information content (AvgIpc) is 2.66. The zero-order valence-electron chi connectivity index (χ0n) is 15.5. The highest BCUT2D eigenvalue weighted by Gasteiger charge is 2.30. The van der Waals surface area contributed by atoms with Gasteiger partial charge >= 0.3 is 0 Å². The van der Waals surface area contributed by atoms with Crippen LogP contribution in [-0.2, 0) is 14.8 Å². The molecule has 0 unspecified atom stereocenters. The third-order valence-electron chi connectivity index (χ3n) is 4.24. The Labute approximate surface area is 163 Å². The first-order chi connectivity index (χ1) is 13.3. The second-order valence-electron chi connectivity index (χ2n) is 6.45. The molecule has 2 aromatic carbocycles. The Morgan fingerprint density at radius 1 is 1.21 bits per heavy atom. The van der Waals surface area contributed by atoms with Gasteiger partial charge in [-0.2, -0.15) is 0 Å². The van der Waals surface area contributed by atoms with Crippen LogP contribution in [0.5, 0.6) is 11.5 Å². The quantitative estimate of drug-likeness (QED) is 0.790. The maximum absolute atomic E-state index is 13.2. The van der Waals surface area contributed by atoms with Crippen molar-refractivity contribution in [2.75, 3.05) is 23.7 Å². The van der Waals surface area contributed by atoms with Crippen LogP contribution in [-0.4, -0.2) is 45.9 Å². The summed E-state index contributed by atoms with van der Waals surface area (Å²) in [6.07, 6.45) is 0.596. The number of carbonyl (C=O) groups excluding carboxylic acids is 1. The van der Waals surface area contributed by atoms with Crippen LogP contribution < -0.4 is 19.1 Å². The molecule has 0 spiro atoms. The number of anilines is 1. The summed E-state index contributed by atoms with van der Waals surface area (Å²) >= 11 is 0. The molecule has 9 heteroatoms. The number of benzene rings is 2. The van der Waals surface area contributed by atoms with E-state index in [9.17, 15) is 17.6 Å². The molecular formula is C19H21FN2O5S. The van der Waals surface area contributed by atoms with E-state index < -0.39 is 33.9 Å². The molecule has 7 nitrogen and oxygen atoms in total. The second kappa shape index (κ2) is 8.05. The van der Waals surface area contributed by atoms with Gasteiger partial charge in [-0.25, -0.2) is 12.8 Å². The molecule has 3 rings (SSSR count). The number of amides is 1. The van der Waals surface area contributed by atoms with Crippen molar-refractivity contribution < 1.29 is 27.1 Å². The van der Waals surface area contributed by atoms with Gasteiger partial charge in [0.05, 0.1) is 18.5 Å². The van der Waals surface area contributed by atoms with Crippen molar-refractivity contribution in [2.45, 2.75) is 19.1 Å². The van der Waals surface area contributed by atoms with E-state index in [2.05, 4.69) is 5.32 Å². The van der Waals surface area contributed by atoms with E-state index in [-0.39, 0.29) is 18.8 Å². The van der Waals surface area contributed by atoms with Crippen LogP contribution in [0.1, 0.15) is 6.92 Å². The Kier molecular flexibility index (Phi) is 5.73. The molecule has 2 atom stereocenters. The summed E-state index contributed by atoms with van der Waals surface area (Å²) in [5.41, 5.74) is 0.206. The fourth-order valence-corrected chi connectivity index (χ4v) is 4.10. The van der Waals surface area contributed by atoms with Crippen LogP contribution in [0, 0.1) is 5.82 Å². The number of hydrogen-bond acceptors (Lipinski definition) is 5. The first-order valence-electron chi connectivity index (χ1n) is 8.67. The zero-order valence-corrected chi connectivity index (χ0v) is 16.3. The smallest absolute Gasteiger partial charge is 0.243 e.